The number of nitrogens with one attached hydrogen (secondary N) is 1. The molecule has 0 spiro atoms. The summed E-state index contributed by atoms with van der Waals surface area (Å²) in [5.41, 5.74) is 1.28. The van der Waals surface area contributed by atoms with Crippen molar-refractivity contribution in [2.75, 3.05) is 6.79 Å². The van der Waals surface area contributed by atoms with Crippen LogP contribution < -0.4 is 14.9 Å². The number of rotatable bonds is 1. The summed E-state index contributed by atoms with van der Waals surface area (Å²) in [5.74, 6) is 0.396. The minimum absolute atomic E-state index is 0.0224. The summed E-state index contributed by atoms with van der Waals surface area (Å²) in [6.45, 7) is 0.0224. The Morgan fingerprint density at radius 3 is 2.91 bits per heavy atom. The zero-order chi connectivity index (χ0) is 15.3. The van der Waals surface area contributed by atoms with E-state index in [1.54, 1.807) is 36.5 Å². The number of aromatic hydroxyl groups is 1. The number of fused-ring (bicyclic) bond motifs is 2. The van der Waals surface area contributed by atoms with Crippen molar-refractivity contribution in [2.45, 2.75) is 0 Å². The van der Waals surface area contributed by atoms with Gasteiger partial charge in [-0.2, -0.15) is 0 Å². The summed E-state index contributed by atoms with van der Waals surface area (Å²) in [4.78, 5) is 15.8. The second-order valence-electron chi connectivity index (χ2n) is 4.92. The van der Waals surface area contributed by atoms with E-state index in [1.165, 1.54) is 0 Å². The highest BCUT2D eigenvalue weighted by Gasteiger charge is 2.23. The van der Waals surface area contributed by atoms with E-state index in [0.29, 0.717) is 27.4 Å². The molecule has 5 nitrogen and oxygen atoms in total. The van der Waals surface area contributed by atoms with Crippen molar-refractivity contribution >= 4 is 22.5 Å². The highest BCUT2D eigenvalue weighted by atomic mass is 35.5. The number of pyridine rings is 1. The molecule has 0 atom stereocenters. The van der Waals surface area contributed by atoms with E-state index in [9.17, 15) is 9.90 Å². The van der Waals surface area contributed by atoms with Crippen LogP contribution >= 0.6 is 11.6 Å². The second-order valence-corrected chi connectivity index (χ2v) is 5.36. The molecule has 4 rings (SSSR count). The van der Waals surface area contributed by atoms with Gasteiger partial charge in [-0.1, -0.05) is 23.7 Å². The van der Waals surface area contributed by atoms with Crippen LogP contribution in [-0.4, -0.2) is 16.9 Å². The van der Waals surface area contributed by atoms with Crippen molar-refractivity contribution in [1.29, 1.82) is 0 Å². The Hall–Kier alpha value is -2.66. The molecule has 0 amide bonds. The van der Waals surface area contributed by atoms with Crippen LogP contribution in [0, 0.1) is 0 Å². The standard InChI is InChI=1S/C16H10ClNO4/c17-9-3-1-2-8(4-9)10-6-18-11-5-12-16(22-7-21-12)15(20)13(11)14(10)19/h1-6,20H,7H2,(H,18,19). The number of hydrogen-bond donors (Lipinski definition) is 2. The summed E-state index contributed by atoms with van der Waals surface area (Å²) in [6, 6.07) is 8.62. The first-order valence-corrected chi connectivity index (χ1v) is 6.96. The molecule has 0 bridgehead atoms. The lowest BCUT2D eigenvalue weighted by Gasteiger charge is -2.07. The van der Waals surface area contributed by atoms with Crippen LogP contribution in [0.1, 0.15) is 0 Å². The third-order valence-electron chi connectivity index (χ3n) is 3.62. The molecule has 0 saturated heterocycles. The Morgan fingerprint density at radius 2 is 2.09 bits per heavy atom. The fraction of sp³-hybridized carbons (Fsp3) is 0.0625. The largest absolute Gasteiger partial charge is 0.504 e. The lowest BCUT2D eigenvalue weighted by molar-refractivity contribution is 0.171. The van der Waals surface area contributed by atoms with E-state index in [2.05, 4.69) is 4.98 Å². The van der Waals surface area contributed by atoms with Gasteiger partial charge in [0, 0.05) is 22.8 Å². The van der Waals surface area contributed by atoms with E-state index >= 15 is 0 Å². The van der Waals surface area contributed by atoms with Gasteiger partial charge in [-0.25, -0.2) is 0 Å². The van der Waals surface area contributed by atoms with Crippen molar-refractivity contribution in [3.05, 3.63) is 51.8 Å². The third-order valence-corrected chi connectivity index (χ3v) is 3.85. The Labute approximate surface area is 129 Å². The molecule has 6 heteroatoms. The van der Waals surface area contributed by atoms with E-state index < -0.39 is 0 Å². The molecular weight excluding hydrogens is 306 g/mol. The summed E-state index contributed by atoms with van der Waals surface area (Å²) in [5, 5.41) is 11.0. The van der Waals surface area contributed by atoms with Crippen molar-refractivity contribution in [2.24, 2.45) is 0 Å². The highest BCUT2D eigenvalue weighted by Crippen LogP contribution is 2.44. The maximum atomic E-state index is 12.7. The molecule has 2 aromatic carbocycles. The maximum absolute atomic E-state index is 12.7. The molecule has 2 heterocycles. The van der Waals surface area contributed by atoms with Crippen LogP contribution in [0.3, 0.4) is 0 Å². The molecule has 3 aromatic rings. The highest BCUT2D eigenvalue weighted by molar-refractivity contribution is 6.30. The van der Waals surface area contributed by atoms with Gasteiger partial charge in [-0.3, -0.25) is 4.79 Å². The molecular formula is C16H10ClNO4. The van der Waals surface area contributed by atoms with Gasteiger partial charge >= 0.3 is 0 Å². The predicted molar refractivity (Wildman–Crippen MR) is 82.8 cm³/mol. The normalized spacial score (nSPS) is 12.8. The Bertz CT molecular complexity index is 964. The molecule has 110 valence electrons. The number of hydrogen-bond acceptors (Lipinski definition) is 4. The van der Waals surface area contributed by atoms with Crippen LogP contribution in [0.15, 0.2) is 41.3 Å². The minimum Gasteiger partial charge on any atom is -0.504 e. The number of phenolic OH excluding ortho intramolecular Hbond substituents is 1. The summed E-state index contributed by atoms with van der Waals surface area (Å²) in [6.07, 6.45) is 1.60. The topological polar surface area (TPSA) is 71.6 Å². The SMILES string of the molecule is O=c1c(-c2cccc(Cl)c2)c[nH]c2cc3c(c(O)c12)OCO3. The molecule has 1 aliphatic rings. The van der Waals surface area contributed by atoms with Gasteiger partial charge < -0.3 is 19.6 Å². The maximum Gasteiger partial charge on any atom is 0.231 e. The second kappa shape index (κ2) is 4.68. The van der Waals surface area contributed by atoms with E-state index in [4.69, 9.17) is 21.1 Å². The van der Waals surface area contributed by atoms with E-state index in [1.807, 2.05) is 0 Å². The third kappa shape index (κ3) is 1.83. The van der Waals surface area contributed by atoms with Crippen molar-refractivity contribution in [1.82, 2.24) is 4.98 Å². The number of ether oxygens (including phenoxy) is 2. The van der Waals surface area contributed by atoms with Crippen LogP contribution in [0.2, 0.25) is 5.02 Å². The molecule has 22 heavy (non-hydrogen) atoms. The van der Waals surface area contributed by atoms with Crippen molar-refractivity contribution in [3.63, 3.8) is 0 Å². The quantitative estimate of drug-likeness (QED) is 0.723. The van der Waals surface area contributed by atoms with Gasteiger partial charge in [0.25, 0.3) is 0 Å². The number of benzene rings is 2. The molecule has 0 aliphatic carbocycles. The van der Waals surface area contributed by atoms with E-state index in [-0.39, 0.29) is 29.1 Å². The lowest BCUT2D eigenvalue weighted by Crippen LogP contribution is -2.06. The Balaban J connectivity index is 2.04. The van der Waals surface area contributed by atoms with Gasteiger partial charge in [-0.05, 0) is 17.7 Å². The predicted octanol–water partition coefficient (Wildman–Crippen LogP) is 3.28. The summed E-state index contributed by atoms with van der Waals surface area (Å²) < 4.78 is 10.4. The number of phenols is 1. The zero-order valence-corrected chi connectivity index (χ0v) is 12.0. The van der Waals surface area contributed by atoms with Crippen molar-refractivity contribution < 1.29 is 14.6 Å². The average Bonchev–Trinajstić information content (AvgIpc) is 2.96. The molecule has 1 aliphatic heterocycles. The Morgan fingerprint density at radius 1 is 1.23 bits per heavy atom. The molecule has 0 fully saturated rings. The Kier molecular flexibility index (Phi) is 2.77. The summed E-state index contributed by atoms with van der Waals surface area (Å²) in [7, 11) is 0. The number of aromatic amines is 1. The van der Waals surface area contributed by atoms with Gasteiger partial charge in [0.05, 0.1) is 10.9 Å². The van der Waals surface area contributed by atoms with Crippen LogP contribution in [-0.2, 0) is 0 Å². The molecule has 2 N–H and O–H groups in total. The van der Waals surface area contributed by atoms with Gasteiger partial charge in [0.2, 0.25) is 18.0 Å². The molecule has 0 unspecified atom stereocenters. The summed E-state index contributed by atoms with van der Waals surface area (Å²) >= 11 is 5.98. The fourth-order valence-electron chi connectivity index (χ4n) is 2.59. The van der Waals surface area contributed by atoms with E-state index in [0.717, 1.165) is 0 Å². The van der Waals surface area contributed by atoms with Crippen molar-refractivity contribution in [3.8, 4) is 28.4 Å². The molecule has 1 aromatic heterocycles. The van der Waals surface area contributed by atoms with Gasteiger partial charge in [0.15, 0.2) is 11.5 Å². The van der Waals surface area contributed by atoms with Crippen LogP contribution in [0.5, 0.6) is 17.2 Å². The van der Waals surface area contributed by atoms with Crippen LogP contribution in [0.25, 0.3) is 22.0 Å². The van der Waals surface area contributed by atoms with Crippen LogP contribution in [0.4, 0.5) is 0 Å². The first kappa shape index (κ1) is 13.0. The first-order valence-electron chi connectivity index (χ1n) is 6.58. The zero-order valence-electron chi connectivity index (χ0n) is 11.2. The first-order chi connectivity index (χ1) is 10.6. The number of H-pyrrole nitrogens is 1. The monoisotopic (exact) mass is 315 g/mol. The van der Waals surface area contributed by atoms with Gasteiger partial charge in [-0.15, -0.1) is 0 Å². The molecule has 0 radical (unpaired) electrons. The van der Waals surface area contributed by atoms with Gasteiger partial charge in [0.1, 0.15) is 0 Å². The molecule has 0 saturated carbocycles. The number of aromatic nitrogens is 1. The lowest BCUT2D eigenvalue weighted by atomic mass is 10.0. The fourth-order valence-corrected chi connectivity index (χ4v) is 2.78. The minimum atomic E-state index is -0.299. The number of halogens is 1. The average molecular weight is 316 g/mol. The smallest absolute Gasteiger partial charge is 0.231 e.